The highest BCUT2D eigenvalue weighted by Crippen LogP contribution is 2.28. The Morgan fingerprint density at radius 1 is 1.07 bits per heavy atom. The summed E-state index contributed by atoms with van der Waals surface area (Å²) in [6.45, 7) is 1.42. The van der Waals surface area contributed by atoms with Crippen LogP contribution in [0, 0.1) is 17.0 Å². The molecule has 0 bridgehead atoms. The third-order valence-corrected chi connectivity index (χ3v) is 5.65. The van der Waals surface area contributed by atoms with Gasteiger partial charge in [0, 0.05) is 6.07 Å². The van der Waals surface area contributed by atoms with Crippen LogP contribution < -0.4 is 14.2 Å². The minimum absolute atomic E-state index is 0.254. The monoisotopic (exact) mass is 430 g/mol. The number of hydrogen-bond donors (Lipinski definition) is 1. The molecule has 3 aromatic rings. The highest BCUT2D eigenvalue weighted by Gasteiger charge is 2.24. The molecule has 156 valence electrons. The van der Waals surface area contributed by atoms with Crippen LogP contribution in [-0.2, 0) is 14.8 Å². The molecule has 0 aliphatic heterocycles. The minimum atomic E-state index is -4.32. The molecular formula is C20H18N2O7S. The first kappa shape index (κ1) is 21.1. The number of amides is 1. The highest BCUT2D eigenvalue weighted by molar-refractivity contribution is 7.90. The lowest BCUT2D eigenvalue weighted by atomic mass is 10.1. The standard InChI is InChI=1S/C20H18N2O7S/c1-13-3-4-14-5-7-17(10-15(14)9-13)29-12-20(23)21-30(26,27)19-8-6-16(22(24)25)11-18(19)28-2/h3-11H,12H2,1-2H3,(H,21,23). The molecule has 0 radical (unpaired) electrons. The van der Waals surface area contributed by atoms with Gasteiger partial charge >= 0.3 is 0 Å². The molecule has 0 unspecified atom stereocenters. The van der Waals surface area contributed by atoms with Crippen molar-refractivity contribution in [2.24, 2.45) is 0 Å². The van der Waals surface area contributed by atoms with Gasteiger partial charge in [-0.05, 0) is 35.9 Å². The summed E-state index contributed by atoms with van der Waals surface area (Å²) in [7, 11) is -3.15. The van der Waals surface area contributed by atoms with Gasteiger partial charge in [-0.25, -0.2) is 13.1 Å². The Bertz CT molecular complexity index is 1240. The summed E-state index contributed by atoms with van der Waals surface area (Å²) in [6.07, 6.45) is 0. The van der Waals surface area contributed by atoms with Gasteiger partial charge in [-0.1, -0.05) is 29.8 Å². The van der Waals surface area contributed by atoms with E-state index in [4.69, 9.17) is 9.47 Å². The Hall–Kier alpha value is -3.66. The number of nitrogens with zero attached hydrogens (tertiary/aromatic N) is 1. The average molecular weight is 430 g/mol. The van der Waals surface area contributed by atoms with E-state index >= 15 is 0 Å². The number of carbonyl (C=O) groups is 1. The summed E-state index contributed by atoms with van der Waals surface area (Å²) in [4.78, 5) is 21.9. The van der Waals surface area contributed by atoms with Gasteiger partial charge < -0.3 is 9.47 Å². The molecule has 0 saturated heterocycles. The SMILES string of the molecule is COc1cc([N+](=O)[O-])ccc1S(=O)(=O)NC(=O)COc1ccc2ccc(C)cc2c1. The summed E-state index contributed by atoms with van der Waals surface area (Å²) >= 11 is 0. The summed E-state index contributed by atoms with van der Waals surface area (Å²) < 4.78 is 37.2. The molecule has 1 amide bonds. The van der Waals surface area contributed by atoms with Crippen LogP contribution >= 0.6 is 0 Å². The number of fused-ring (bicyclic) bond motifs is 1. The Kier molecular flexibility index (Phi) is 5.88. The van der Waals surface area contributed by atoms with Gasteiger partial charge in [0.1, 0.15) is 16.4 Å². The van der Waals surface area contributed by atoms with Crippen LogP contribution in [0.25, 0.3) is 10.8 Å². The van der Waals surface area contributed by atoms with Crippen LogP contribution in [0.15, 0.2) is 59.5 Å². The van der Waals surface area contributed by atoms with E-state index in [0.29, 0.717) is 5.75 Å². The van der Waals surface area contributed by atoms with Crippen molar-refractivity contribution in [3.63, 3.8) is 0 Å². The molecule has 9 nitrogen and oxygen atoms in total. The second-order valence-corrected chi connectivity index (χ2v) is 8.07. The third-order valence-electron chi connectivity index (χ3n) is 4.23. The summed E-state index contributed by atoms with van der Waals surface area (Å²) in [5.41, 5.74) is 0.729. The predicted molar refractivity (Wildman–Crippen MR) is 109 cm³/mol. The lowest BCUT2D eigenvalue weighted by Gasteiger charge is -2.11. The molecule has 30 heavy (non-hydrogen) atoms. The van der Waals surface area contributed by atoms with E-state index in [1.165, 1.54) is 7.11 Å². The first-order valence-electron chi connectivity index (χ1n) is 8.71. The fourth-order valence-electron chi connectivity index (χ4n) is 2.81. The summed E-state index contributed by atoms with van der Waals surface area (Å²) in [6, 6.07) is 14.1. The van der Waals surface area contributed by atoms with E-state index in [1.807, 2.05) is 35.9 Å². The molecule has 0 atom stereocenters. The fraction of sp³-hybridized carbons (Fsp3) is 0.150. The van der Waals surface area contributed by atoms with E-state index in [9.17, 15) is 23.3 Å². The first-order chi connectivity index (χ1) is 14.2. The van der Waals surface area contributed by atoms with Crippen LogP contribution in [0.5, 0.6) is 11.5 Å². The van der Waals surface area contributed by atoms with Crippen molar-refractivity contribution in [3.8, 4) is 11.5 Å². The van der Waals surface area contributed by atoms with E-state index in [1.54, 1.807) is 12.1 Å². The van der Waals surface area contributed by atoms with Gasteiger partial charge in [-0.3, -0.25) is 14.9 Å². The maximum atomic E-state index is 12.5. The molecular weight excluding hydrogens is 412 g/mol. The molecule has 0 aromatic heterocycles. The zero-order chi connectivity index (χ0) is 21.9. The minimum Gasteiger partial charge on any atom is -0.495 e. The number of benzene rings is 3. The Morgan fingerprint density at radius 3 is 2.50 bits per heavy atom. The van der Waals surface area contributed by atoms with Gasteiger partial charge in [0.15, 0.2) is 6.61 Å². The predicted octanol–water partition coefficient (Wildman–Crippen LogP) is 2.95. The van der Waals surface area contributed by atoms with Gasteiger partial charge in [-0.15, -0.1) is 0 Å². The topological polar surface area (TPSA) is 125 Å². The number of nitrogens with one attached hydrogen (secondary N) is 1. The Balaban J connectivity index is 1.72. The molecule has 0 fully saturated rings. The lowest BCUT2D eigenvalue weighted by molar-refractivity contribution is -0.385. The molecule has 0 heterocycles. The normalized spacial score (nSPS) is 11.1. The highest BCUT2D eigenvalue weighted by atomic mass is 32.2. The van der Waals surface area contributed by atoms with Crippen LogP contribution in [0.4, 0.5) is 5.69 Å². The van der Waals surface area contributed by atoms with Crippen molar-refractivity contribution in [1.29, 1.82) is 0 Å². The number of aryl methyl sites for hydroxylation is 1. The summed E-state index contributed by atoms with van der Waals surface area (Å²) in [5.74, 6) is -0.747. The Morgan fingerprint density at radius 2 is 1.80 bits per heavy atom. The molecule has 0 aliphatic rings. The zero-order valence-electron chi connectivity index (χ0n) is 16.1. The van der Waals surface area contributed by atoms with Crippen molar-refractivity contribution in [3.05, 3.63) is 70.3 Å². The smallest absolute Gasteiger partial charge is 0.273 e. The maximum Gasteiger partial charge on any atom is 0.273 e. The van der Waals surface area contributed by atoms with E-state index in [-0.39, 0.29) is 11.4 Å². The van der Waals surface area contributed by atoms with Crippen molar-refractivity contribution < 1.29 is 27.6 Å². The van der Waals surface area contributed by atoms with E-state index in [0.717, 1.165) is 34.5 Å². The van der Waals surface area contributed by atoms with Crippen molar-refractivity contribution >= 4 is 32.4 Å². The zero-order valence-corrected chi connectivity index (χ0v) is 16.9. The molecule has 0 saturated carbocycles. The molecule has 0 aliphatic carbocycles. The van der Waals surface area contributed by atoms with E-state index in [2.05, 4.69) is 0 Å². The van der Waals surface area contributed by atoms with Crippen LogP contribution in [0.1, 0.15) is 5.56 Å². The molecule has 3 aromatic carbocycles. The van der Waals surface area contributed by atoms with Gasteiger partial charge in [0.05, 0.1) is 18.1 Å². The number of ether oxygens (including phenoxy) is 2. The van der Waals surface area contributed by atoms with Gasteiger partial charge in [0.25, 0.3) is 21.6 Å². The summed E-state index contributed by atoms with van der Waals surface area (Å²) in [5, 5.41) is 12.8. The van der Waals surface area contributed by atoms with Gasteiger partial charge in [-0.2, -0.15) is 0 Å². The van der Waals surface area contributed by atoms with Crippen LogP contribution in [0.2, 0.25) is 0 Å². The number of hydrogen-bond acceptors (Lipinski definition) is 7. The number of nitro benzene ring substituents is 1. The van der Waals surface area contributed by atoms with Crippen molar-refractivity contribution in [2.75, 3.05) is 13.7 Å². The second-order valence-electron chi connectivity index (χ2n) is 6.42. The maximum absolute atomic E-state index is 12.5. The van der Waals surface area contributed by atoms with Crippen LogP contribution in [-0.4, -0.2) is 33.0 Å². The quantitative estimate of drug-likeness (QED) is 0.451. The lowest BCUT2D eigenvalue weighted by Crippen LogP contribution is -2.34. The van der Waals surface area contributed by atoms with E-state index < -0.39 is 32.4 Å². The first-order valence-corrected chi connectivity index (χ1v) is 10.2. The van der Waals surface area contributed by atoms with Crippen molar-refractivity contribution in [2.45, 2.75) is 11.8 Å². The largest absolute Gasteiger partial charge is 0.495 e. The number of sulfonamides is 1. The number of non-ortho nitro benzene ring substituents is 1. The van der Waals surface area contributed by atoms with Crippen LogP contribution in [0.3, 0.4) is 0 Å². The number of nitro groups is 1. The number of carbonyl (C=O) groups excluding carboxylic acids is 1. The van der Waals surface area contributed by atoms with Gasteiger partial charge in [0.2, 0.25) is 0 Å². The Labute approximate surface area is 172 Å². The molecule has 10 heteroatoms. The average Bonchev–Trinajstić information content (AvgIpc) is 2.71. The second kappa shape index (κ2) is 8.37. The number of rotatable bonds is 7. The van der Waals surface area contributed by atoms with Crippen molar-refractivity contribution in [1.82, 2.24) is 4.72 Å². The fourth-order valence-corrected chi connectivity index (χ4v) is 3.93. The molecule has 0 spiro atoms. The number of methoxy groups -OCH3 is 1. The third kappa shape index (κ3) is 4.66. The molecule has 1 N–H and O–H groups in total. The molecule has 3 rings (SSSR count).